The molecule has 4 N–H and O–H groups in total. The number of ether oxygens (including phenoxy) is 1. The summed E-state index contributed by atoms with van der Waals surface area (Å²) in [5.41, 5.74) is 6.34. The molecule has 2 rings (SSSR count). The maximum Gasteiger partial charge on any atom is 0.408 e. The lowest BCUT2D eigenvalue weighted by atomic mass is 9.94. The van der Waals surface area contributed by atoms with Gasteiger partial charge in [-0.05, 0) is 58.9 Å². The van der Waals surface area contributed by atoms with Crippen LogP contribution in [-0.2, 0) is 19.1 Å². The van der Waals surface area contributed by atoms with Gasteiger partial charge in [0, 0.05) is 19.0 Å². The first-order chi connectivity index (χ1) is 17.9. The van der Waals surface area contributed by atoms with E-state index in [0.717, 1.165) is 44.1 Å². The van der Waals surface area contributed by atoms with Crippen molar-refractivity contribution in [3.8, 4) is 0 Å². The lowest BCUT2D eigenvalue weighted by Gasteiger charge is -2.35. The fourth-order valence-electron chi connectivity index (χ4n) is 4.64. The molecule has 1 aliphatic carbocycles. The second-order valence-corrected chi connectivity index (χ2v) is 11.2. The number of unbranched alkanes of at least 4 members (excludes halogenated alkanes) is 1. The third-order valence-corrected chi connectivity index (χ3v) is 6.61. The van der Waals surface area contributed by atoms with E-state index in [1.54, 1.807) is 20.8 Å². The summed E-state index contributed by atoms with van der Waals surface area (Å²) in [7, 11) is 0. The maximum absolute atomic E-state index is 14.1. The number of benzene rings is 1. The molecule has 0 spiro atoms. The van der Waals surface area contributed by atoms with Crippen molar-refractivity contribution in [3.63, 3.8) is 0 Å². The molecule has 0 radical (unpaired) electrons. The molecule has 0 saturated heterocycles. The smallest absolute Gasteiger partial charge is 0.408 e. The van der Waals surface area contributed by atoms with E-state index in [2.05, 4.69) is 10.6 Å². The van der Waals surface area contributed by atoms with Crippen LogP contribution in [0.15, 0.2) is 24.3 Å². The van der Waals surface area contributed by atoms with Gasteiger partial charge in [0.25, 0.3) is 0 Å². The first-order valence-electron chi connectivity index (χ1n) is 13.9. The van der Waals surface area contributed by atoms with Crippen molar-refractivity contribution in [1.82, 2.24) is 15.5 Å². The highest BCUT2D eigenvalue weighted by molar-refractivity contribution is 5.92. The molecular formula is C29H46N4O5. The topological polar surface area (TPSA) is 131 Å². The van der Waals surface area contributed by atoms with Gasteiger partial charge in [-0.2, -0.15) is 0 Å². The average molecular weight is 531 g/mol. The van der Waals surface area contributed by atoms with Crippen LogP contribution in [0.5, 0.6) is 0 Å². The van der Waals surface area contributed by atoms with Crippen molar-refractivity contribution in [2.75, 3.05) is 6.54 Å². The van der Waals surface area contributed by atoms with Crippen LogP contribution < -0.4 is 16.4 Å². The number of hydrogen-bond acceptors (Lipinski definition) is 5. The number of amides is 4. The quantitative estimate of drug-likeness (QED) is 0.371. The number of nitrogens with one attached hydrogen (secondary N) is 2. The Morgan fingerprint density at radius 1 is 1.08 bits per heavy atom. The van der Waals surface area contributed by atoms with Crippen LogP contribution >= 0.6 is 0 Å². The minimum atomic E-state index is -1.08. The standard InChI is InChI=1S/C29H46N4O5/c1-6-7-19-33(27(36)23(17-18-24(30)34)32-28(37)38-29(3,4)5)25(21-15-13-20(2)14-16-21)26(35)31-22-11-9-8-10-12-22/h13-16,22-23,25H,6-12,17-19H2,1-5H3,(H2,30,34)(H,31,35)(H,32,37). The van der Waals surface area contributed by atoms with Crippen LogP contribution in [-0.4, -0.2) is 52.9 Å². The molecule has 9 heteroatoms. The van der Waals surface area contributed by atoms with Crippen LogP contribution in [0.3, 0.4) is 0 Å². The summed E-state index contributed by atoms with van der Waals surface area (Å²) in [6.45, 7) is 9.46. The molecule has 0 bridgehead atoms. The van der Waals surface area contributed by atoms with E-state index in [9.17, 15) is 19.2 Å². The number of nitrogens with two attached hydrogens (primary N) is 1. The Hall–Kier alpha value is -3.10. The van der Waals surface area contributed by atoms with Crippen LogP contribution in [0.1, 0.15) is 103 Å². The minimum Gasteiger partial charge on any atom is -0.444 e. The van der Waals surface area contributed by atoms with Gasteiger partial charge >= 0.3 is 6.09 Å². The average Bonchev–Trinajstić information content (AvgIpc) is 2.84. The Kier molecular flexibility index (Phi) is 12.1. The molecule has 2 atom stereocenters. The molecule has 1 aromatic carbocycles. The third kappa shape index (κ3) is 10.3. The number of rotatable bonds is 12. The lowest BCUT2D eigenvalue weighted by molar-refractivity contribution is -0.143. The fourth-order valence-corrected chi connectivity index (χ4v) is 4.64. The van der Waals surface area contributed by atoms with Gasteiger partial charge in [0.05, 0.1) is 0 Å². The van der Waals surface area contributed by atoms with Gasteiger partial charge in [-0.25, -0.2) is 4.79 Å². The van der Waals surface area contributed by atoms with E-state index >= 15 is 0 Å². The Balaban J connectivity index is 2.44. The van der Waals surface area contributed by atoms with Crippen molar-refractivity contribution >= 4 is 23.8 Å². The molecule has 0 aliphatic heterocycles. The first kappa shape index (κ1) is 31.1. The number of primary amides is 1. The van der Waals surface area contributed by atoms with Crippen molar-refractivity contribution in [1.29, 1.82) is 0 Å². The van der Waals surface area contributed by atoms with E-state index in [1.807, 2.05) is 38.1 Å². The number of nitrogens with zero attached hydrogens (tertiary/aromatic N) is 1. The SMILES string of the molecule is CCCCN(C(=O)C(CCC(N)=O)NC(=O)OC(C)(C)C)C(C(=O)NC1CCCCC1)c1ccc(C)cc1. The van der Waals surface area contributed by atoms with Crippen LogP contribution in [0.4, 0.5) is 4.79 Å². The van der Waals surface area contributed by atoms with Gasteiger partial charge in [0.1, 0.15) is 17.7 Å². The normalized spacial score (nSPS) is 15.7. The Morgan fingerprint density at radius 2 is 1.71 bits per heavy atom. The summed E-state index contributed by atoms with van der Waals surface area (Å²) >= 11 is 0. The third-order valence-electron chi connectivity index (χ3n) is 6.61. The summed E-state index contributed by atoms with van der Waals surface area (Å²) in [4.78, 5) is 53.6. The molecule has 0 heterocycles. The number of carbonyl (C=O) groups excluding carboxylic acids is 4. The largest absolute Gasteiger partial charge is 0.444 e. The molecule has 9 nitrogen and oxygen atoms in total. The molecule has 2 unspecified atom stereocenters. The highest BCUT2D eigenvalue weighted by atomic mass is 16.6. The van der Waals surface area contributed by atoms with Gasteiger partial charge < -0.3 is 26.0 Å². The second-order valence-electron chi connectivity index (χ2n) is 11.2. The molecular weight excluding hydrogens is 484 g/mol. The highest BCUT2D eigenvalue weighted by Crippen LogP contribution is 2.26. The molecule has 1 aromatic rings. The van der Waals surface area contributed by atoms with Crippen LogP contribution in [0.2, 0.25) is 0 Å². The van der Waals surface area contributed by atoms with E-state index in [1.165, 1.54) is 4.90 Å². The predicted octanol–water partition coefficient (Wildman–Crippen LogP) is 4.27. The molecule has 1 fully saturated rings. The van der Waals surface area contributed by atoms with Crippen molar-refractivity contribution in [2.45, 2.75) is 116 Å². The second kappa shape index (κ2) is 14.7. The zero-order chi connectivity index (χ0) is 28.3. The van der Waals surface area contributed by atoms with E-state index in [4.69, 9.17) is 10.5 Å². The van der Waals surface area contributed by atoms with Gasteiger partial charge in [-0.3, -0.25) is 14.4 Å². The van der Waals surface area contributed by atoms with E-state index < -0.39 is 35.6 Å². The summed E-state index contributed by atoms with van der Waals surface area (Å²) < 4.78 is 5.38. The Bertz CT molecular complexity index is 935. The van der Waals surface area contributed by atoms with Gasteiger partial charge in [-0.15, -0.1) is 0 Å². The van der Waals surface area contributed by atoms with Gasteiger partial charge in [-0.1, -0.05) is 62.4 Å². The van der Waals surface area contributed by atoms with Crippen molar-refractivity contribution < 1.29 is 23.9 Å². The maximum atomic E-state index is 14.1. The fraction of sp³-hybridized carbons (Fsp3) is 0.655. The summed E-state index contributed by atoms with van der Waals surface area (Å²) in [5, 5.41) is 5.82. The zero-order valence-corrected chi connectivity index (χ0v) is 23.7. The zero-order valence-electron chi connectivity index (χ0n) is 23.7. The number of alkyl carbamates (subject to hydrolysis) is 1. The monoisotopic (exact) mass is 530 g/mol. The van der Waals surface area contributed by atoms with Gasteiger partial charge in [0.2, 0.25) is 17.7 Å². The van der Waals surface area contributed by atoms with E-state index in [-0.39, 0.29) is 24.8 Å². The number of hydrogen-bond donors (Lipinski definition) is 3. The van der Waals surface area contributed by atoms with E-state index in [0.29, 0.717) is 18.5 Å². The lowest BCUT2D eigenvalue weighted by Crippen LogP contribution is -2.54. The molecule has 212 valence electrons. The minimum absolute atomic E-state index is 0.000889. The Labute approximate surface area is 227 Å². The molecule has 4 amide bonds. The van der Waals surface area contributed by atoms with Crippen LogP contribution in [0, 0.1) is 6.92 Å². The van der Waals surface area contributed by atoms with Crippen molar-refractivity contribution in [3.05, 3.63) is 35.4 Å². The molecule has 1 aliphatic rings. The molecule has 1 saturated carbocycles. The first-order valence-corrected chi connectivity index (χ1v) is 13.9. The predicted molar refractivity (Wildman–Crippen MR) is 147 cm³/mol. The van der Waals surface area contributed by atoms with Crippen LogP contribution in [0.25, 0.3) is 0 Å². The summed E-state index contributed by atoms with van der Waals surface area (Å²) in [6, 6.07) is 5.68. The molecule has 38 heavy (non-hydrogen) atoms. The Morgan fingerprint density at radius 3 is 2.26 bits per heavy atom. The highest BCUT2D eigenvalue weighted by Gasteiger charge is 2.36. The number of aryl methyl sites for hydroxylation is 1. The molecule has 0 aromatic heterocycles. The number of carbonyl (C=O) groups is 4. The summed E-state index contributed by atoms with van der Waals surface area (Å²) in [6.07, 6.45) is 5.72. The summed E-state index contributed by atoms with van der Waals surface area (Å²) in [5.74, 6) is -1.27. The van der Waals surface area contributed by atoms with Gasteiger partial charge in [0.15, 0.2) is 0 Å². The van der Waals surface area contributed by atoms with Crippen molar-refractivity contribution in [2.24, 2.45) is 5.73 Å².